The van der Waals surface area contributed by atoms with Gasteiger partial charge in [-0.3, -0.25) is 0 Å². The van der Waals surface area contributed by atoms with Gasteiger partial charge in [0.05, 0.1) is 11.2 Å². The van der Waals surface area contributed by atoms with Crippen molar-refractivity contribution in [2.24, 2.45) is 5.14 Å². The molecule has 0 radical (unpaired) electrons. The number of H-pyrrole nitrogens is 1. The molecule has 158 valence electrons. The number of rotatable bonds is 8. The normalized spacial score (nSPS) is 15.0. The van der Waals surface area contributed by atoms with Crippen LogP contribution in [0.2, 0.25) is 0 Å². The van der Waals surface area contributed by atoms with Gasteiger partial charge in [-0.15, -0.1) is 0 Å². The van der Waals surface area contributed by atoms with E-state index < -0.39 is 16.2 Å². The summed E-state index contributed by atoms with van der Waals surface area (Å²) in [7, 11) is -3.90. The molecule has 0 bridgehead atoms. The van der Waals surface area contributed by atoms with Gasteiger partial charge in [0.2, 0.25) is 10.0 Å². The van der Waals surface area contributed by atoms with Crippen LogP contribution >= 0.6 is 0 Å². The zero-order valence-electron chi connectivity index (χ0n) is 16.1. The van der Waals surface area contributed by atoms with E-state index in [0.717, 1.165) is 41.9 Å². The summed E-state index contributed by atoms with van der Waals surface area (Å²) in [5.74, 6) is 0. The van der Waals surface area contributed by atoms with Crippen molar-refractivity contribution in [3.63, 3.8) is 0 Å². The second-order valence-corrected chi connectivity index (χ2v) is 8.46. The van der Waals surface area contributed by atoms with E-state index in [1.165, 1.54) is 6.07 Å². The van der Waals surface area contributed by atoms with Crippen LogP contribution in [-0.4, -0.2) is 24.9 Å². The van der Waals surface area contributed by atoms with Crippen molar-refractivity contribution in [2.45, 2.75) is 24.0 Å². The third-order valence-electron chi connectivity index (χ3n) is 4.88. The fraction of sp³-hybridized carbons (Fsp3) is 0.211. The fourth-order valence-corrected chi connectivity index (χ4v) is 4.22. The van der Waals surface area contributed by atoms with Crippen molar-refractivity contribution in [2.75, 3.05) is 6.54 Å². The van der Waals surface area contributed by atoms with E-state index in [9.17, 15) is 8.42 Å². The highest BCUT2D eigenvalue weighted by Gasteiger charge is 2.26. The second kappa shape index (κ2) is 9.02. The smallest absolute Gasteiger partial charge is 0.238 e. The minimum absolute atomic E-state index is 0.0695. The Labute approximate surface area is 174 Å². The van der Waals surface area contributed by atoms with Crippen LogP contribution in [0.4, 0.5) is 0 Å². The summed E-state index contributed by atoms with van der Waals surface area (Å²) >= 11 is 0. The van der Waals surface area contributed by atoms with Crippen LogP contribution in [0.15, 0.2) is 59.9 Å². The third kappa shape index (κ3) is 4.74. The maximum absolute atomic E-state index is 12.1. The molecule has 3 aromatic rings. The van der Waals surface area contributed by atoms with Crippen LogP contribution < -0.4 is 32.4 Å². The Bertz CT molecular complexity index is 1080. The van der Waals surface area contributed by atoms with Crippen LogP contribution in [-0.2, 0) is 23.0 Å². The molecule has 1 aromatic heterocycles. The minimum atomic E-state index is -3.90. The van der Waals surface area contributed by atoms with Crippen LogP contribution in [0, 0.1) is 0 Å². The molecule has 1 aliphatic heterocycles. The fourth-order valence-electron chi connectivity index (χ4n) is 3.42. The van der Waals surface area contributed by atoms with E-state index in [1.54, 1.807) is 12.4 Å². The topological polar surface area (TPSA) is 149 Å². The molecule has 1 saturated heterocycles. The molecular formula is C19H24N8O2S. The molecule has 1 aliphatic rings. The van der Waals surface area contributed by atoms with Gasteiger partial charge in [-0.25, -0.2) is 29.4 Å². The van der Waals surface area contributed by atoms with Crippen molar-refractivity contribution in [3.8, 4) is 11.1 Å². The molecule has 0 unspecified atom stereocenters. The molecule has 2 heterocycles. The maximum atomic E-state index is 12.1. The number of hydrogen-bond donors (Lipinski definition) is 7. The van der Waals surface area contributed by atoms with Crippen molar-refractivity contribution >= 4 is 10.0 Å². The summed E-state index contributed by atoms with van der Waals surface area (Å²) in [6, 6.07) is 13.1. The number of hydrogen-bond acceptors (Lipinski definition) is 8. The van der Waals surface area contributed by atoms with Gasteiger partial charge in [-0.05, 0) is 22.8 Å². The zero-order valence-corrected chi connectivity index (χ0v) is 17.0. The number of aromatic nitrogens is 2. The van der Waals surface area contributed by atoms with Gasteiger partial charge in [-0.1, -0.05) is 36.4 Å². The SMILES string of the molecule is NS(=O)(=O)c1cccc(-c2ccc(CNCCc3cnc[nH]3)cc2)c1C1NNNN1. The number of imidazole rings is 1. The van der Waals surface area contributed by atoms with Gasteiger partial charge in [-0.2, -0.15) is 11.1 Å². The van der Waals surface area contributed by atoms with Gasteiger partial charge in [0, 0.05) is 37.0 Å². The predicted octanol–water partition coefficient (Wildman–Crippen LogP) is 0.172. The first-order valence-electron chi connectivity index (χ1n) is 9.46. The van der Waals surface area contributed by atoms with E-state index in [4.69, 9.17) is 5.14 Å². The summed E-state index contributed by atoms with van der Waals surface area (Å²) in [4.78, 5) is 7.16. The highest BCUT2D eigenvalue weighted by Crippen LogP contribution is 2.32. The Morgan fingerprint density at radius 1 is 1.07 bits per heavy atom. The van der Waals surface area contributed by atoms with Crippen molar-refractivity contribution in [3.05, 3.63) is 71.8 Å². The Balaban J connectivity index is 1.52. The summed E-state index contributed by atoms with van der Waals surface area (Å²) in [6.07, 6.45) is 3.91. The van der Waals surface area contributed by atoms with Crippen LogP contribution in [0.5, 0.6) is 0 Å². The Morgan fingerprint density at radius 2 is 1.83 bits per heavy atom. The number of nitrogens with one attached hydrogen (secondary N) is 6. The third-order valence-corrected chi connectivity index (χ3v) is 5.85. The average Bonchev–Trinajstić information content (AvgIpc) is 3.45. The molecule has 30 heavy (non-hydrogen) atoms. The molecule has 0 spiro atoms. The van der Waals surface area contributed by atoms with E-state index in [2.05, 4.69) is 37.2 Å². The Kier molecular flexibility index (Phi) is 6.20. The molecule has 10 nitrogen and oxygen atoms in total. The number of sulfonamides is 1. The number of aromatic amines is 1. The van der Waals surface area contributed by atoms with Gasteiger partial charge < -0.3 is 10.3 Å². The molecule has 0 saturated carbocycles. The van der Waals surface area contributed by atoms with Gasteiger partial charge in [0.25, 0.3) is 0 Å². The maximum Gasteiger partial charge on any atom is 0.238 e. The van der Waals surface area contributed by atoms with E-state index in [-0.39, 0.29) is 4.90 Å². The first kappa shape index (κ1) is 20.6. The number of benzene rings is 2. The molecule has 0 aliphatic carbocycles. The van der Waals surface area contributed by atoms with E-state index >= 15 is 0 Å². The van der Waals surface area contributed by atoms with Gasteiger partial charge >= 0.3 is 0 Å². The molecule has 4 rings (SSSR count). The molecule has 0 atom stereocenters. The number of nitrogens with zero attached hydrogens (tertiary/aromatic N) is 1. The molecule has 8 N–H and O–H groups in total. The van der Waals surface area contributed by atoms with Crippen LogP contribution in [0.1, 0.15) is 23.0 Å². The van der Waals surface area contributed by atoms with Crippen LogP contribution in [0.3, 0.4) is 0 Å². The summed E-state index contributed by atoms with van der Waals surface area (Å²) < 4.78 is 24.3. The molecule has 0 amide bonds. The molecule has 1 fully saturated rings. The average molecular weight is 429 g/mol. The quantitative estimate of drug-likeness (QED) is 0.251. The predicted molar refractivity (Wildman–Crippen MR) is 113 cm³/mol. The van der Waals surface area contributed by atoms with Crippen LogP contribution in [0.25, 0.3) is 11.1 Å². The first-order valence-corrected chi connectivity index (χ1v) is 11.0. The summed E-state index contributed by atoms with van der Waals surface area (Å²) in [6.45, 7) is 1.57. The molecule has 11 heteroatoms. The van der Waals surface area contributed by atoms with Gasteiger partial charge in [0.1, 0.15) is 6.17 Å². The largest absolute Gasteiger partial charge is 0.348 e. The molecule has 2 aromatic carbocycles. The number of nitrogens with two attached hydrogens (primary N) is 1. The highest BCUT2D eigenvalue weighted by atomic mass is 32.2. The zero-order chi connectivity index (χ0) is 21.0. The lowest BCUT2D eigenvalue weighted by Gasteiger charge is -2.19. The first-order chi connectivity index (χ1) is 14.5. The van der Waals surface area contributed by atoms with E-state index in [0.29, 0.717) is 5.56 Å². The highest BCUT2D eigenvalue weighted by molar-refractivity contribution is 7.89. The standard InChI is InChI=1S/C19H24N8O2S/c20-30(28,29)17-3-1-2-16(18(17)19-24-26-27-25-19)14-6-4-13(5-7-14)10-21-9-8-15-11-22-12-23-15/h1-7,11-12,19,21,24-27H,8-10H2,(H,22,23)(H2,20,28,29). The lowest BCUT2D eigenvalue weighted by Crippen LogP contribution is -2.33. The summed E-state index contributed by atoms with van der Waals surface area (Å²) in [5, 5.41) is 8.87. The number of primary sulfonamides is 1. The minimum Gasteiger partial charge on any atom is -0.348 e. The van der Waals surface area contributed by atoms with Crippen molar-refractivity contribution in [1.82, 2.24) is 37.2 Å². The Hall–Kier alpha value is -2.64. The van der Waals surface area contributed by atoms with Crippen molar-refractivity contribution < 1.29 is 8.42 Å². The monoisotopic (exact) mass is 428 g/mol. The lowest BCUT2D eigenvalue weighted by atomic mass is 9.97. The Morgan fingerprint density at radius 3 is 2.50 bits per heavy atom. The lowest BCUT2D eigenvalue weighted by molar-refractivity contribution is 0.540. The summed E-state index contributed by atoms with van der Waals surface area (Å²) in [5.41, 5.74) is 15.8. The molecular weight excluding hydrogens is 404 g/mol. The van der Waals surface area contributed by atoms with E-state index in [1.807, 2.05) is 36.5 Å². The van der Waals surface area contributed by atoms with Crippen molar-refractivity contribution in [1.29, 1.82) is 0 Å². The second-order valence-electron chi connectivity index (χ2n) is 6.93. The van der Waals surface area contributed by atoms with Gasteiger partial charge in [0.15, 0.2) is 0 Å². The number of hydrazine groups is 3.